The van der Waals surface area contributed by atoms with Crippen LogP contribution < -0.4 is 16.8 Å². The summed E-state index contributed by atoms with van der Waals surface area (Å²) in [6, 6.07) is 8.78. The molecule has 1 rings (SSSR count). The van der Waals surface area contributed by atoms with E-state index in [1.807, 2.05) is 44.2 Å². The zero-order chi connectivity index (χ0) is 15.8. The summed E-state index contributed by atoms with van der Waals surface area (Å²) in [6.07, 6.45) is 1.28. The number of benzene rings is 1. The monoisotopic (exact) mass is 291 g/mol. The molecule has 1 aromatic carbocycles. The van der Waals surface area contributed by atoms with Gasteiger partial charge in [-0.1, -0.05) is 44.2 Å². The largest absolute Gasteiger partial charge is 0.370 e. The Labute approximate surface area is 126 Å². The van der Waals surface area contributed by atoms with Crippen LogP contribution in [0.4, 0.5) is 0 Å². The molecular weight excluding hydrogens is 266 g/mol. The van der Waals surface area contributed by atoms with E-state index < -0.39 is 11.9 Å². The van der Waals surface area contributed by atoms with Crippen LogP contribution in [0, 0.1) is 5.92 Å². The normalized spacial score (nSPS) is 13.7. The smallest absolute Gasteiger partial charge is 0.237 e. The first kappa shape index (κ1) is 17.2. The van der Waals surface area contributed by atoms with Gasteiger partial charge in [-0.05, 0) is 24.3 Å². The molecule has 0 aliphatic carbocycles. The Balaban J connectivity index is 2.65. The van der Waals surface area contributed by atoms with Gasteiger partial charge in [-0.15, -0.1) is 0 Å². The zero-order valence-electron chi connectivity index (χ0n) is 12.7. The standard InChI is InChI=1S/C16H25N3O2/c1-11(2)8-14(17)16(21)19-13(10-15(18)20)9-12-6-4-3-5-7-12/h3-7,11,13-14H,8-10,17H2,1-2H3,(H2,18,20)(H,19,21)/t13-,14-/m0/s1. The maximum Gasteiger partial charge on any atom is 0.237 e. The highest BCUT2D eigenvalue weighted by molar-refractivity contribution is 5.83. The molecule has 2 atom stereocenters. The fraction of sp³-hybridized carbons (Fsp3) is 0.500. The van der Waals surface area contributed by atoms with Crippen LogP contribution in [0.15, 0.2) is 30.3 Å². The van der Waals surface area contributed by atoms with Crippen LogP contribution in [0.1, 0.15) is 32.3 Å². The first-order valence-corrected chi connectivity index (χ1v) is 7.26. The Hall–Kier alpha value is -1.88. The van der Waals surface area contributed by atoms with Crippen molar-refractivity contribution in [3.05, 3.63) is 35.9 Å². The van der Waals surface area contributed by atoms with Crippen LogP contribution in [0.5, 0.6) is 0 Å². The van der Waals surface area contributed by atoms with Gasteiger partial charge in [0.15, 0.2) is 0 Å². The Morgan fingerprint density at radius 3 is 2.33 bits per heavy atom. The molecule has 0 aliphatic heterocycles. The predicted octanol–water partition coefficient (Wildman–Crippen LogP) is 0.963. The van der Waals surface area contributed by atoms with Gasteiger partial charge in [-0.3, -0.25) is 9.59 Å². The lowest BCUT2D eigenvalue weighted by molar-refractivity contribution is -0.124. The van der Waals surface area contributed by atoms with E-state index in [0.717, 1.165) is 5.56 Å². The second kappa shape index (κ2) is 8.42. The lowest BCUT2D eigenvalue weighted by Crippen LogP contribution is -2.47. The first-order chi connectivity index (χ1) is 9.88. The van der Waals surface area contributed by atoms with Crippen molar-refractivity contribution < 1.29 is 9.59 Å². The molecule has 0 aromatic heterocycles. The van der Waals surface area contributed by atoms with Crippen molar-refractivity contribution in [2.75, 3.05) is 0 Å². The highest BCUT2D eigenvalue weighted by atomic mass is 16.2. The quantitative estimate of drug-likeness (QED) is 0.665. The Kier molecular flexibility index (Phi) is 6.88. The van der Waals surface area contributed by atoms with Gasteiger partial charge in [0.1, 0.15) is 0 Å². The highest BCUT2D eigenvalue weighted by Gasteiger charge is 2.20. The molecule has 0 unspecified atom stereocenters. The molecular formula is C16H25N3O2. The third-order valence-electron chi connectivity index (χ3n) is 3.18. The van der Waals surface area contributed by atoms with E-state index in [2.05, 4.69) is 5.32 Å². The molecule has 0 heterocycles. The lowest BCUT2D eigenvalue weighted by Gasteiger charge is -2.21. The molecule has 5 heteroatoms. The van der Waals surface area contributed by atoms with Crippen LogP contribution in [0.2, 0.25) is 0 Å². The predicted molar refractivity (Wildman–Crippen MR) is 83.3 cm³/mol. The zero-order valence-corrected chi connectivity index (χ0v) is 12.7. The Morgan fingerprint density at radius 1 is 1.19 bits per heavy atom. The molecule has 21 heavy (non-hydrogen) atoms. The summed E-state index contributed by atoms with van der Waals surface area (Å²) in [4.78, 5) is 23.2. The van der Waals surface area contributed by atoms with Gasteiger partial charge in [0.2, 0.25) is 11.8 Å². The van der Waals surface area contributed by atoms with E-state index in [9.17, 15) is 9.59 Å². The summed E-state index contributed by atoms with van der Waals surface area (Å²) in [7, 11) is 0. The third kappa shape index (κ3) is 6.90. The minimum atomic E-state index is -0.559. The minimum absolute atomic E-state index is 0.106. The molecule has 0 bridgehead atoms. The average molecular weight is 291 g/mol. The van der Waals surface area contributed by atoms with Gasteiger partial charge in [-0.2, -0.15) is 0 Å². The molecule has 0 saturated heterocycles. The van der Waals surface area contributed by atoms with E-state index in [0.29, 0.717) is 18.8 Å². The summed E-state index contributed by atoms with van der Waals surface area (Å²) >= 11 is 0. The second-order valence-electron chi connectivity index (χ2n) is 5.80. The number of rotatable bonds is 8. The van der Waals surface area contributed by atoms with E-state index in [1.54, 1.807) is 0 Å². The molecule has 0 radical (unpaired) electrons. The van der Waals surface area contributed by atoms with Crippen molar-refractivity contribution in [3.63, 3.8) is 0 Å². The lowest BCUT2D eigenvalue weighted by atomic mass is 10.0. The minimum Gasteiger partial charge on any atom is -0.370 e. The van der Waals surface area contributed by atoms with E-state index in [-0.39, 0.29) is 18.4 Å². The summed E-state index contributed by atoms with van der Waals surface area (Å²) in [5, 5.41) is 2.84. The molecule has 2 amide bonds. The van der Waals surface area contributed by atoms with E-state index in [4.69, 9.17) is 11.5 Å². The number of hydrogen-bond donors (Lipinski definition) is 3. The molecule has 116 valence electrons. The maximum atomic E-state index is 12.1. The fourth-order valence-corrected chi connectivity index (χ4v) is 2.24. The van der Waals surface area contributed by atoms with Crippen LogP contribution in [0.3, 0.4) is 0 Å². The molecule has 1 aromatic rings. The van der Waals surface area contributed by atoms with Crippen molar-refractivity contribution >= 4 is 11.8 Å². The van der Waals surface area contributed by atoms with Crippen LogP contribution >= 0.6 is 0 Å². The number of primary amides is 1. The average Bonchev–Trinajstić information content (AvgIpc) is 2.38. The first-order valence-electron chi connectivity index (χ1n) is 7.26. The SMILES string of the molecule is CC(C)C[C@H](N)C(=O)N[C@H](CC(N)=O)Cc1ccccc1. The number of nitrogens with two attached hydrogens (primary N) is 2. The van der Waals surface area contributed by atoms with Gasteiger partial charge in [-0.25, -0.2) is 0 Å². The molecule has 5 N–H and O–H groups in total. The van der Waals surface area contributed by atoms with Crippen LogP contribution in [0.25, 0.3) is 0 Å². The van der Waals surface area contributed by atoms with Gasteiger partial charge in [0.25, 0.3) is 0 Å². The number of nitrogens with one attached hydrogen (secondary N) is 1. The molecule has 0 saturated carbocycles. The van der Waals surface area contributed by atoms with Gasteiger partial charge in [0, 0.05) is 12.5 Å². The number of amides is 2. The van der Waals surface area contributed by atoms with E-state index in [1.165, 1.54) is 0 Å². The van der Waals surface area contributed by atoms with Crippen molar-refractivity contribution in [2.24, 2.45) is 17.4 Å². The van der Waals surface area contributed by atoms with Gasteiger partial charge in [0.05, 0.1) is 6.04 Å². The maximum absolute atomic E-state index is 12.1. The van der Waals surface area contributed by atoms with Gasteiger partial charge < -0.3 is 16.8 Å². The molecule has 0 aliphatic rings. The molecule has 0 spiro atoms. The summed E-state index contributed by atoms with van der Waals surface area (Å²) in [5.74, 6) is -0.325. The number of carbonyl (C=O) groups excluding carboxylic acids is 2. The van der Waals surface area contributed by atoms with Crippen molar-refractivity contribution in [1.82, 2.24) is 5.32 Å². The summed E-state index contributed by atoms with van der Waals surface area (Å²) in [5.41, 5.74) is 12.2. The Bertz CT molecular complexity index is 460. The van der Waals surface area contributed by atoms with Crippen molar-refractivity contribution in [1.29, 1.82) is 0 Å². The topological polar surface area (TPSA) is 98.2 Å². The van der Waals surface area contributed by atoms with Crippen LogP contribution in [-0.2, 0) is 16.0 Å². The molecule has 5 nitrogen and oxygen atoms in total. The van der Waals surface area contributed by atoms with Crippen molar-refractivity contribution in [3.8, 4) is 0 Å². The van der Waals surface area contributed by atoms with Crippen molar-refractivity contribution in [2.45, 2.75) is 45.2 Å². The highest BCUT2D eigenvalue weighted by Crippen LogP contribution is 2.08. The number of carbonyl (C=O) groups is 2. The van der Waals surface area contributed by atoms with Crippen LogP contribution in [-0.4, -0.2) is 23.9 Å². The van der Waals surface area contributed by atoms with Gasteiger partial charge >= 0.3 is 0 Å². The third-order valence-corrected chi connectivity index (χ3v) is 3.18. The number of hydrogen-bond acceptors (Lipinski definition) is 3. The molecule has 0 fully saturated rings. The summed E-state index contributed by atoms with van der Waals surface area (Å²) < 4.78 is 0. The second-order valence-corrected chi connectivity index (χ2v) is 5.80. The van der Waals surface area contributed by atoms with E-state index >= 15 is 0 Å². The summed E-state index contributed by atoms with van der Waals surface area (Å²) in [6.45, 7) is 4.02. The fourth-order valence-electron chi connectivity index (χ4n) is 2.24. The Morgan fingerprint density at radius 2 is 1.81 bits per heavy atom.